The van der Waals surface area contributed by atoms with Gasteiger partial charge in [0.25, 0.3) is 0 Å². The van der Waals surface area contributed by atoms with E-state index in [4.69, 9.17) is 9.47 Å². The zero-order chi connectivity index (χ0) is 20.6. The molecule has 1 aliphatic heterocycles. The smallest absolute Gasteiger partial charge is 0.165 e. The van der Waals surface area contributed by atoms with Crippen LogP contribution in [0.4, 0.5) is 4.39 Å². The molecule has 1 N–H and O–H groups in total. The summed E-state index contributed by atoms with van der Waals surface area (Å²) in [6, 6.07) is 13.6. The number of nitrogens with zero attached hydrogens (tertiary/aromatic N) is 2. The first-order valence-electron chi connectivity index (χ1n) is 10.2. The van der Waals surface area contributed by atoms with E-state index in [9.17, 15) is 9.50 Å². The van der Waals surface area contributed by atoms with Crippen LogP contribution in [0, 0.1) is 5.82 Å². The van der Waals surface area contributed by atoms with Gasteiger partial charge in [0, 0.05) is 45.4 Å². The highest BCUT2D eigenvalue weighted by atomic mass is 19.1. The van der Waals surface area contributed by atoms with Gasteiger partial charge in [-0.2, -0.15) is 0 Å². The summed E-state index contributed by atoms with van der Waals surface area (Å²) in [4.78, 5) is 4.80. The Morgan fingerprint density at radius 3 is 2.52 bits per heavy atom. The molecule has 5 nitrogen and oxygen atoms in total. The predicted octanol–water partition coefficient (Wildman–Crippen LogP) is 3.30. The van der Waals surface area contributed by atoms with Crippen molar-refractivity contribution in [3.05, 3.63) is 59.4 Å². The molecule has 1 unspecified atom stereocenters. The third-order valence-corrected chi connectivity index (χ3v) is 5.39. The fourth-order valence-corrected chi connectivity index (χ4v) is 3.88. The number of halogens is 1. The normalized spacial score (nSPS) is 18.0. The Kier molecular flexibility index (Phi) is 7.86. The maximum Gasteiger partial charge on any atom is 0.165 e. The third-order valence-electron chi connectivity index (χ3n) is 5.39. The maximum atomic E-state index is 13.7. The molecule has 0 saturated carbocycles. The Morgan fingerprint density at radius 1 is 1.07 bits per heavy atom. The molecule has 2 aromatic rings. The van der Waals surface area contributed by atoms with Crippen LogP contribution in [0.25, 0.3) is 0 Å². The van der Waals surface area contributed by atoms with E-state index in [2.05, 4.69) is 21.9 Å². The maximum absolute atomic E-state index is 13.7. The van der Waals surface area contributed by atoms with Gasteiger partial charge in [-0.05, 0) is 48.7 Å². The van der Waals surface area contributed by atoms with E-state index in [0.29, 0.717) is 6.61 Å². The summed E-state index contributed by atoms with van der Waals surface area (Å²) in [5, 5.41) is 9.55. The van der Waals surface area contributed by atoms with Gasteiger partial charge >= 0.3 is 0 Å². The molecular weight excluding hydrogens is 371 g/mol. The number of hydrogen-bond donors (Lipinski definition) is 1. The molecule has 29 heavy (non-hydrogen) atoms. The van der Waals surface area contributed by atoms with Gasteiger partial charge in [0.1, 0.15) is 5.75 Å². The fourth-order valence-electron chi connectivity index (χ4n) is 3.88. The lowest BCUT2D eigenvalue weighted by molar-refractivity contribution is 0.0499. The lowest BCUT2D eigenvalue weighted by atomic mass is 10.1. The summed E-state index contributed by atoms with van der Waals surface area (Å²) in [5.41, 5.74) is 2.28. The second kappa shape index (κ2) is 10.6. The van der Waals surface area contributed by atoms with E-state index >= 15 is 0 Å². The van der Waals surface area contributed by atoms with E-state index in [1.165, 1.54) is 18.7 Å². The zero-order valence-corrected chi connectivity index (χ0v) is 17.3. The first-order chi connectivity index (χ1) is 14.1. The lowest BCUT2D eigenvalue weighted by Gasteiger charge is -2.41. The molecule has 3 rings (SSSR count). The van der Waals surface area contributed by atoms with Crippen molar-refractivity contribution in [1.29, 1.82) is 0 Å². The quantitative estimate of drug-likeness (QED) is 0.697. The molecule has 1 fully saturated rings. The molecule has 0 bridgehead atoms. The van der Waals surface area contributed by atoms with Crippen molar-refractivity contribution >= 4 is 0 Å². The van der Waals surface area contributed by atoms with Crippen LogP contribution in [0.5, 0.6) is 11.5 Å². The average Bonchev–Trinajstić information content (AvgIpc) is 2.73. The monoisotopic (exact) mass is 402 g/mol. The summed E-state index contributed by atoms with van der Waals surface area (Å²) < 4.78 is 24.3. The largest absolute Gasteiger partial charge is 0.494 e. The molecule has 0 aliphatic carbocycles. The Balaban J connectivity index is 1.61. The van der Waals surface area contributed by atoms with E-state index in [0.717, 1.165) is 50.5 Å². The number of piperazine rings is 1. The van der Waals surface area contributed by atoms with Gasteiger partial charge in [-0.25, -0.2) is 4.39 Å². The highest BCUT2D eigenvalue weighted by Gasteiger charge is 2.26. The molecule has 1 saturated heterocycles. The fraction of sp³-hybridized carbons (Fsp3) is 0.478. The van der Waals surface area contributed by atoms with E-state index < -0.39 is 0 Å². The van der Waals surface area contributed by atoms with Crippen LogP contribution in [0.3, 0.4) is 0 Å². The first-order valence-corrected chi connectivity index (χ1v) is 10.2. The van der Waals surface area contributed by atoms with Crippen LogP contribution >= 0.6 is 0 Å². The first kappa shape index (κ1) is 21.6. The van der Waals surface area contributed by atoms with Crippen molar-refractivity contribution in [2.24, 2.45) is 0 Å². The molecule has 6 heteroatoms. The molecule has 0 radical (unpaired) electrons. The molecule has 1 aliphatic rings. The minimum absolute atomic E-state index is 0.169. The number of rotatable bonds is 9. The van der Waals surface area contributed by atoms with Gasteiger partial charge in [-0.1, -0.05) is 18.2 Å². The van der Waals surface area contributed by atoms with Crippen LogP contribution in [-0.2, 0) is 13.1 Å². The number of hydrogen-bond acceptors (Lipinski definition) is 5. The standard InChI is InChI=1S/C23H31FN2O3/c1-3-29-21-7-4-18(5-8-21)16-26-12-11-25(17-20(26)10-13-27)15-19-6-9-22(24)23(14-19)28-2/h4-9,14,20,27H,3,10-13,15-17H2,1-2H3. The zero-order valence-electron chi connectivity index (χ0n) is 17.3. The second-order valence-electron chi connectivity index (χ2n) is 7.42. The number of methoxy groups -OCH3 is 1. The van der Waals surface area contributed by atoms with Gasteiger partial charge in [-0.15, -0.1) is 0 Å². The van der Waals surface area contributed by atoms with Gasteiger partial charge in [0.15, 0.2) is 11.6 Å². The highest BCUT2D eigenvalue weighted by molar-refractivity contribution is 5.30. The minimum Gasteiger partial charge on any atom is -0.494 e. The van der Waals surface area contributed by atoms with Crippen molar-refractivity contribution in [1.82, 2.24) is 9.80 Å². The topological polar surface area (TPSA) is 45.2 Å². The van der Waals surface area contributed by atoms with Crippen molar-refractivity contribution in [2.75, 3.05) is 40.0 Å². The van der Waals surface area contributed by atoms with E-state index in [-0.39, 0.29) is 24.2 Å². The molecule has 1 atom stereocenters. The highest BCUT2D eigenvalue weighted by Crippen LogP contribution is 2.22. The van der Waals surface area contributed by atoms with Crippen molar-refractivity contribution in [3.63, 3.8) is 0 Å². The number of benzene rings is 2. The lowest BCUT2D eigenvalue weighted by Crippen LogP contribution is -2.52. The van der Waals surface area contributed by atoms with Gasteiger partial charge in [0.2, 0.25) is 0 Å². The Hall–Kier alpha value is -2.15. The summed E-state index contributed by atoms with van der Waals surface area (Å²) in [5.74, 6) is 0.834. The van der Waals surface area contributed by atoms with Crippen molar-refractivity contribution in [2.45, 2.75) is 32.5 Å². The third kappa shape index (κ3) is 5.92. The molecular formula is C23H31FN2O3. The molecule has 2 aromatic carbocycles. The van der Waals surface area contributed by atoms with Gasteiger partial charge in [-0.3, -0.25) is 9.80 Å². The number of aliphatic hydroxyl groups is 1. The average molecular weight is 403 g/mol. The summed E-state index contributed by atoms with van der Waals surface area (Å²) in [7, 11) is 1.49. The van der Waals surface area contributed by atoms with Crippen molar-refractivity contribution < 1.29 is 19.0 Å². The van der Waals surface area contributed by atoms with Crippen LogP contribution in [-0.4, -0.2) is 60.9 Å². The Labute approximate surface area is 172 Å². The SMILES string of the molecule is CCOc1ccc(CN2CCN(Cc3ccc(F)c(OC)c3)CC2CCO)cc1. The number of ether oxygens (including phenoxy) is 2. The van der Waals surface area contributed by atoms with E-state index in [1.807, 2.05) is 25.1 Å². The number of aliphatic hydroxyl groups excluding tert-OH is 1. The minimum atomic E-state index is -0.338. The van der Waals surface area contributed by atoms with Crippen LogP contribution in [0.1, 0.15) is 24.5 Å². The predicted molar refractivity (Wildman–Crippen MR) is 112 cm³/mol. The van der Waals surface area contributed by atoms with Crippen LogP contribution < -0.4 is 9.47 Å². The molecule has 158 valence electrons. The molecule has 0 aromatic heterocycles. The summed E-state index contributed by atoms with van der Waals surface area (Å²) in [6.45, 7) is 7.15. The van der Waals surface area contributed by atoms with E-state index in [1.54, 1.807) is 6.07 Å². The van der Waals surface area contributed by atoms with Crippen LogP contribution in [0.2, 0.25) is 0 Å². The molecule has 0 spiro atoms. The summed E-state index contributed by atoms with van der Waals surface area (Å²) in [6.07, 6.45) is 0.736. The van der Waals surface area contributed by atoms with Crippen LogP contribution in [0.15, 0.2) is 42.5 Å². The molecule has 1 heterocycles. The Morgan fingerprint density at radius 2 is 1.83 bits per heavy atom. The summed E-state index contributed by atoms with van der Waals surface area (Å²) >= 11 is 0. The molecule has 0 amide bonds. The van der Waals surface area contributed by atoms with Gasteiger partial charge < -0.3 is 14.6 Å². The van der Waals surface area contributed by atoms with Gasteiger partial charge in [0.05, 0.1) is 13.7 Å². The second-order valence-corrected chi connectivity index (χ2v) is 7.42. The van der Waals surface area contributed by atoms with Crippen molar-refractivity contribution in [3.8, 4) is 11.5 Å². The Bertz CT molecular complexity index is 769.